The van der Waals surface area contributed by atoms with E-state index in [1.165, 1.54) is 0 Å². The van der Waals surface area contributed by atoms with Crippen molar-refractivity contribution in [1.29, 1.82) is 0 Å². The van der Waals surface area contributed by atoms with Crippen molar-refractivity contribution in [3.8, 4) is 0 Å². The van der Waals surface area contributed by atoms with Crippen LogP contribution >= 0.6 is 11.3 Å². The molecule has 0 bridgehead atoms. The molecule has 0 spiro atoms. The molecule has 19 heavy (non-hydrogen) atoms. The lowest BCUT2D eigenvalue weighted by Gasteiger charge is -2.22. The van der Waals surface area contributed by atoms with Crippen LogP contribution in [0.25, 0.3) is 0 Å². The van der Waals surface area contributed by atoms with Crippen LogP contribution in [-0.2, 0) is 4.79 Å². The maximum Gasteiger partial charge on any atom is 0.305 e. The quantitative estimate of drug-likeness (QED) is 0.781. The third kappa shape index (κ3) is 5.52. The fraction of sp³-hybridized carbons (Fsp3) is 0.750. The van der Waals surface area contributed by atoms with Crippen LogP contribution in [-0.4, -0.2) is 59.9 Å². The van der Waals surface area contributed by atoms with Gasteiger partial charge in [0.25, 0.3) is 0 Å². The molecule has 108 valence electrons. The Morgan fingerprint density at radius 2 is 1.95 bits per heavy atom. The van der Waals surface area contributed by atoms with Gasteiger partial charge >= 0.3 is 5.97 Å². The summed E-state index contributed by atoms with van der Waals surface area (Å²) >= 11 is 1.54. The van der Waals surface area contributed by atoms with Crippen LogP contribution in [0.4, 0.5) is 5.13 Å². The molecular formula is C12H22N4O2S. The zero-order valence-corrected chi connectivity index (χ0v) is 12.8. The predicted molar refractivity (Wildman–Crippen MR) is 77.0 cm³/mol. The summed E-state index contributed by atoms with van der Waals surface area (Å²) in [5.74, 6) is -0.440. The van der Waals surface area contributed by atoms with Gasteiger partial charge in [-0.05, 0) is 14.1 Å². The normalized spacial score (nSPS) is 11.3. The lowest BCUT2D eigenvalue weighted by molar-refractivity contribution is -0.136. The number of carboxylic acid groups (broad SMARTS) is 1. The molecule has 1 rings (SSSR count). The molecule has 0 atom stereocenters. The zero-order chi connectivity index (χ0) is 14.4. The molecule has 1 N–H and O–H groups in total. The lowest BCUT2D eigenvalue weighted by atomic mass is 10.2. The predicted octanol–water partition coefficient (Wildman–Crippen LogP) is 1.50. The fourth-order valence-electron chi connectivity index (χ4n) is 1.44. The standard InChI is InChI=1S/C12H22N4O2S/c1-9(2)11-13-14-12(19-11)16(6-5-10(17)18)8-7-15(3)4/h9H,5-8H2,1-4H3,(H,17,18). The van der Waals surface area contributed by atoms with Gasteiger partial charge in [-0.2, -0.15) is 0 Å². The highest BCUT2D eigenvalue weighted by atomic mass is 32.1. The van der Waals surface area contributed by atoms with E-state index < -0.39 is 5.97 Å². The Bertz CT molecular complexity index is 406. The minimum Gasteiger partial charge on any atom is -0.481 e. The summed E-state index contributed by atoms with van der Waals surface area (Å²) in [4.78, 5) is 14.8. The first-order valence-corrected chi connectivity index (χ1v) is 7.16. The van der Waals surface area contributed by atoms with Crippen molar-refractivity contribution in [2.45, 2.75) is 26.2 Å². The summed E-state index contributed by atoms with van der Waals surface area (Å²) in [5, 5.41) is 18.9. The number of hydrogen-bond acceptors (Lipinski definition) is 6. The number of aromatic nitrogens is 2. The highest BCUT2D eigenvalue weighted by Gasteiger charge is 2.15. The monoisotopic (exact) mass is 286 g/mol. The van der Waals surface area contributed by atoms with E-state index in [1.54, 1.807) is 11.3 Å². The van der Waals surface area contributed by atoms with E-state index in [-0.39, 0.29) is 6.42 Å². The molecule has 0 aliphatic heterocycles. The minimum absolute atomic E-state index is 0.115. The maximum atomic E-state index is 10.7. The van der Waals surface area contributed by atoms with E-state index in [0.29, 0.717) is 12.5 Å². The molecular weight excluding hydrogens is 264 g/mol. The highest BCUT2D eigenvalue weighted by Crippen LogP contribution is 2.25. The van der Waals surface area contributed by atoms with Crippen molar-refractivity contribution >= 4 is 22.4 Å². The summed E-state index contributed by atoms with van der Waals surface area (Å²) in [5.41, 5.74) is 0. The molecule has 0 saturated carbocycles. The van der Waals surface area contributed by atoms with Gasteiger partial charge in [0.15, 0.2) is 0 Å². The van der Waals surface area contributed by atoms with Crippen LogP contribution in [0.2, 0.25) is 0 Å². The van der Waals surface area contributed by atoms with Gasteiger partial charge in [0, 0.05) is 25.6 Å². The molecule has 1 aromatic rings. The molecule has 0 fully saturated rings. The molecule has 0 unspecified atom stereocenters. The van der Waals surface area contributed by atoms with E-state index in [4.69, 9.17) is 5.11 Å². The molecule has 1 aromatic heterocycles. The van der Waals surface area contributed by atoms with Crippen molar-refractivity contribution in [2.75, 3.05) is 38.6 Å². The van der Waals surface area contributed by atoms with Crippen molar-refractivity contribution in [1.82, 2.24) is 15.1 Å². The maximum absolute atomic E-state index is 10.7. The first-order chi connectivity index (χ1) is 8.90. The number of carbonyl (C=O) groups is 1. The number of rotatable bonds is 8. The van der Waals surface area contributed by atoms with Gasteiger partial charge in [-0.3, -0.25) is 4.79 Å². The number of anilines is 1. The van der Waals surface area contributed by atoms with Gasteiger partial charge in [-0.1, -0.05) is 25.2 Å². The first kappa shape index (κ1) is 15.8. The van der Waals surface area contributed by atoms with Crippen LogP contribution < -0.4 is 4.90 Å². The van der Waals surface area contributed by atoms with E-state index >= 15 is 0 Å². The van der Waals surface area contributed by atoms with Crippen molar-refractivity contribution < 1.29 is 9.90 Å². The van der Waals surface area contributed by atoms with E-state index in [0.717, 1.165) is 23.2 Å². The molecule has 0 amide bonds. The average molecular weight is 286 g/mol. The molecule has 0 aliphatic rings. The number of nitrogens with zero attached hydrogens (tertiary/aromatic N) is 4. The zero-order valence-electron chi connectivity index (χ0n) is 12.0. The Morgan fingerprint density at radius 3 is 2.42 bits per heavy atom. The van der Waals surface area contributed by atoms with Crippen molar-refractivity contribution in [3.05, 3.63) is 5.01 Å². The number of hydrogen-bond donors (Lipinski definition) is 1. The van der Waals surface area contributed by atoms with Crippen LogP contribution in [0, 0.1) is 0 Å². The molecule has 0 aromatic carbocycles. The van der Waals surface area contributed by atoms with E-state index in [9.17, 15) is 4.79 Å². The SMILES string of the molecule is CC(C)c1nnc(N(CCC(=O)O)CCN(C)C)s1. The average Bonchev–Trinajstić information content (AvgIpc) is 2.77. The second-order valence-electron chi connectivity index (χ2n) is 5.01. The van der Waals surface area contributed by atoms with E-state index in [2.05, 4.69) is 28.9 Å². The molecule has 6 nitrogen and oxygen atoms in total. The van der Waals surface area contributed by atoms with Gasteiger partial charge in [0.2, 0.25) is 5.13 Å². The van der Waals surface area contributed by atoms with Crippen molar-refractivity contribution in [3.63, 3.8) is 0 Å². The fourth-order valence-corrected chi connectivity index (χ4v) is 2.34. The summed E-state index contributed by atoms with van der Waals surface area (Å²) in [6.45, 7) is 6.23. The smallest absolute Gasteiger partial charge is 0.305 e. The summed E-state index contributed by atoms with van der Waals surface area (Å²) < 4.78 is 0. The van der Waals surface area contributed by atoms with Gasteiger partial charge in [0.1, 0.15) is 5.01 Å². The molecule has 1 heterocycles. The topological polar surface area (TPSA) is 69.6 Å². The third-order valence-corrected chi connectivity index (χ3v) is 3.89. The van der Waals surface area contributed by atoms with Crippen molar-refractivity contribution in [2.24, 2.45) is 0 Å². The molecule has 7 heteroatoms. The van der Waals surface area contributed by atoms with Crippen LogP contribution in [0.15, 0.2) is 0 Å². The summed E-state index contributed by atoms with van der Waals surface area (Å²) in [6, 6.07) is 0. The number of carboxylic acids is 1. The van der Waals surface area contributed by atoms with Gasteiger partial charge < -0.3 is 14.9 Å². The Hall–Kier alpha value is -1.21. The van der Waals surface area contributed by atoms with Gasteiger partial charge in [-0.25, -0.2) is 0 Å². The lowest BCUT2D eigenvalue weighted by Crippen LogP contribution is -2.33. The van der Waals surface area contributed by atoms with Crippen LogP contribution in [0.1, 0.15) is 31.2 Å². The number of aliphatic carboxylic acids is 1. The molecule has 0 aliphatic carbocycles. The second-order valence-corrected chi connectivity index (χ2v) is 6.00. The summed E-state index contributed by atoms with van der Waals surface area (Å²) in [6.07, 6.45) is 0.115. The Kier molecular flexibility index (Phi) is 6.17. The van der Waals surface area contributed by atoms with Gasteiger partial charge in [-0.15, -0.1) is 10.2 Å². The second kappa shape index (κ2) is 7.40. The third-order valence-electron chi connectivity index (χ3n) is 2.61. The number of likely N-dealkylation sites (N-methyl/N-ethyl adjacent to an activating group) is 1. The van der Waals surface area contributed by atoms with E-state index in [1.807, 2.05) is 19.0 Å². The van der Waals surface area contributed by atoms with Crippen LogP contribution in [0.5, 0.6) is 0 Å². The largest absolute Gasteiger partial charge is 0.481 e. The highest BCUT2D eigenvalue weighted by molar-refractivity contribution is 7.15. The van der Waals surface area contributed by atoms with Gasteiger partial charge in [0.05, 0.1) is 6.42 Å². The first-order valence-electron chi connectivity index (χ1n) is 6.35. The Morgan fingerprint density at radius 1 is 1.26 bits per heavy atom. The molecule has 0 saturated heterocycles. The minimum atomic E-state index is -0.788. The Labute approximate surface area is 118 Å². The summed E-state index contributed by atoms with van der Waals surface area (Å²) in [7, 11) is 3.99. The van der Waals surface area contributed by atoms with Crippen LogP contribution in [0.3, 0.4) is 0 Å². The Balaban J connectivity index is 2.72. The molecule has 0 radical (unpaired) electrons.